The summed E-state index contributed by atoms with van der Waals surface area (Å²) in [5.41, 5.74) is 19.3. The van der Waals surface area contributed by atoms with Crippen LogP contribution >= 0.6 is 11.3 Å². The number of anilines is 3. The fourth-order valence-corrected chi connectivity index (χ4v) is 13.4. The first kappa shape index (κ1) is 40.2. The van der Waals surface area contributed by atoms with Crippen molar-refractivity contribution in [3.63, 3.8) is 0 Å². The van der Waals surface area contributed by atoms with Crippen molar-refractivity contribution in [3.8, 4) is 44.5 Å². The van der Waals surface area contributed by atoms with Gasteiger partial charge in [0, 0.05) is 47.9 Å². The van der Waals surface area contributed by atoms with Gasteiger partial charge in [0.2, 0.25) is 0 Å². The summed E-state index contributed by atoms with van der Waals surface area (Å²) in [7, 11) is 0. The van der Waals surface area contributed by atoms with E-state index in [-0.39, 0.29) is 16.2 Å². The molecule has 0 fully saturated rings. The highest BCUT2D eigenvalue weighted by molar-refractivity contribution is 7.25. The van der Waals surface area contributed by atoms with E-state index in [0.29, 0.717) is 0 Å². The average Bonchev–Trinajstić information content (AvgIpc) is 3.90. The van der Waals surface area contributed by atoms with Crippen LogP contribution in [0.5, 0.6) is 0 Å². The van der Waals surface area contributed by atoms with Crippen LogP contribution in [0.3, 0.4) is 0 Å². The van der Waals surface area contributed by atoms with Crippen LogP contribution in [0.2, 0.25) is 0 Å². The lowest BCUT2D eigenvalue weighted by atomic mass is 9.78. The molecule has 0 saturated heterocycles. The molecule has 0 atom stereocenters. The molecule has 320 valence electrons. The van der Waals surface area contributed by atoms with Crippen molar-refractivity contribution < 1.29 is 8.78 Å². The van der Waals surface area contributed by atoms with E-state index < -0.39 is 17.0 Å². The van der Waals surface area contributed by atoms with Crippen molar-refractivity contribution in [2.45, 2.75) is 83.5 Å². The van der Waals surface area contributed by atoms with Crippen molar-refractivity contribution >= 4 is 48.6 Å². The minimum atomic E-state index is -0.838. The summed E-state index contributed by atoms with van der Waals surface area (Å²) in [5.74, 6) is -1.66. The number of halogens is 2. The van der Waals surface area contributed by atoms with E-state index in [1.54, 1.807) is 11.3 Å². The lowest BCUT2D eigenvalue weighted by Crippen LogP contribution is -2.18. The molecule has 8 aromatic carbocycles. The Balaban J connectivity index is 0.948. The molecule has 0 spiro atoms. The van der Waals surface area contributed by atoms with Gasteiger partial charge < -0.3 is 4.90 Å². The van der Waals surface area contributed by atoms with Crippen LogP contribution in [-0.4, -0.2) is 0 Å². The zero-order valence-electron chi connectivity index (χ0n) is 38.3. The highest BCUT2D eigenvalue weighted by atomic mass is 32.1. The van der Waals surface area contributed by atoms with Crippen LogP contribution < -0.4 is 4.90 Å². The predicted molar refractivity (Wildman–Crippen MR) is 271 cm³/mol. The van der Waals surface area contributed by atoms with Gasteiger partial charge in [-0.15, -0.1) is 11.3 Å². The summed E-state index contributed by atoms with van der Waals surface area (Å²) in [5, 5.41) is 2.41. The molecular weight excluding hydrogens is 817 g/mol. The molecule has 3 aliphatic carbocycles. The highest BCUT2D eigenvalue weighted by Gasteiger charge is 2.46. The van der Waals surface area contributed by atoms with E-state index in [2.05, 4.69) is 200 Å². The Kier molecular flexibility index (Phi) is 8.40. The first-order chi connectivity index (χ1) is 31.0. The normalized spacial score (nSPS) is 16.6. The van der Waals surface area contributed by atoms with Crippen molar-refractivity contribution in [2.24, 2.45) is 0 Å². The molecule has 0 saturated carbocycles. The molecule has 0 amide bonds. The van der Waals surface area contributed by atoms with Gasteiger partial charge in [-0.25, -0.2) is 8.78 Å². The van der Waals surface area contributed by atoms with Gasteiger partial charge in [-0.3, -0.25) is 0 Å². The molecule has 9 aromatic rings. The third kappa shape index (κ3) is 5.85. The van der Waals surface area contributed by atoms with Gasteiger partial charge in [0.15, 0.2) is 11.6 Å². The molecule has 0 unspecified atom stereocenters. The second-order valence-corrected chi connectivity index (χ2v) is 22.2. The monoisotopic (exact) mass is 867 g/mol. The molecule has 0 N–H and O–H groups in total. The first-order valence-electron chi connectivity index (χ1n) is 22.9. The topological polar surface area (TPSA) is 3.24 Å². The van der Waals surface area contributed by atoms with Gasteiger partial charge in [-0.1, -0.05) is 140 Å². The number of nitrogens with zero attached hydrogens (tertiary/aromatic N) is 1. The molecule has 4 heteroatoms. The van der Waals surface area contributed by atoms with Crippen molar-refractivity contribution in [1.29, 1.82) is 0 Å². The maximum atomic E-state index is 15.2. The summed E-state index contributed by atoms with van der Waals surface area (Å²) < 4.78 is 32.6. The Morgan fingerprint density at radius 1 is 0.415 bits per heavy atom. The van der Waals surface area contributed by atoms with Crippen molar-refractivity contribution in [3.05, 3.63) is 197 Å². The zero-order chi connectivity index (χ0) is 44.9. The fourth-order valence-electron chi connectivity index (χ4n) is 12.3. The van der Waals surface area contributed by atoms with E-state index >= 15 is 4.39 Å². The lowest BCUT2D eigenvalue weighted by Gasteiger charge is -2.29. The molecule has 1 aromatic heterocycles. The van der Waals surface area contributed by atoms with E-state index in [4.69, 9.17) is 0 Å². The largest absolute Gasteiger partial charge is 0.310 e. The van der Waals surface area contributed by atoms with Crippen LogP contribution in [-0.2, 0) is 21.7 Å². The smallest absolute Gasteiger partial charge is 0.159 e. The van der Waals surface area contributed by atoms with E-state index in [0.717, 1.165) is 50.4 Å². The Labute approximate surface area is 385 Å². The van der Waals surface area contributed by atoms with E-state index in [1.807, 2.05) is 0 Å². The molecule has 12 rings (SSSR count). The number of rotatable bonds is 5. The van der Waals surface area contributed by atoms with Crippen LogP contribution in [0.4, 0.5) is 25.8 Å². The zero-order valence-corrected chi connectivity index (χ0v) is 39.1. The molecular formula is C61H51F2NS. The second kappa shape index (κ2) is 13.6. The average molecular weight is 868 g/mol. The van der Waals surface area contributed by atoms with Crippen LogP contribution in [0, 0.1) is 11.6 Å². The van der Waals surface area contributed by atoms with Gasteiger partial charge in [0.05, 0.1) is 5.69 Å². The summed E-state index contributed by atoms with van der Waals surface area (Å²) in [6.07, 6.45) is 1.17. The second-order valence-electron chi connectivity index (χ2n) is 21.2. The molecule has 0 bridgehead atoms. The Morgan fingerprint density at radius 2 is 1.02 bits per heavy atom. The molecule has 1 nitrogen and oxygen atoms in total. The molecule has 1 heterocycles. The quantitative estimate of drug-likeness (QED) is 0.167. The van der Waals surface area contributed by atoms with E-state index in [9.17, 15) is 4.39 Å². The number of benzene rings is 8. The summed E-state index contributed by atoms with van der Waals surface area (Å²) in [6, 6.07) is 54.1. The third-order valence-corrected chi connectivity index (χ3v) is 16.5. The minimum absolute atomic E-state index is 0.104. The summed E-state index contributed by atoms with van der Waals surface area (Å²) >= 11 is 1.80. The highest BCUT2D eigenvalue weighted by Crippen LogP contribution is 2.58. The Hall–Kier alpha value is -6.36. The van der Waals surface area contributed by atoms with Gasteiger partial charge in [-0.2, -0.15) is 0 Å². The Morgan fingerprint density at radius 3 is 1.78 bits per heavy atom. The van der Waals surface area contributed by atoms with Crippen molar-refractivity contribution in [1.82, 2.24) is 0 Å². The SMILES string of the molecule is CC1(C)CC(C)(C)c2cc3c(cc21)-c1ccc(-c2ccc(-c4cccc(N(c5ccc6sc7ccccc7c6c5)c5cccc6c5-c5cc(F)c(F)cc5C6(C)C)c4)cc2)cc1C3(C)C. The van der Waals surface area contributed by atoms with Gasteiger partial charge in [0.25, 0.3) is 0 Å². The van der Waals surface area contributed by atoms with Crippen molar-refractivity contribution in [2.75, 3.05) is 4.90 Å². The van der Waals surface area contributed by atoms with Crippen LogP contribution in [0.25, 0.3) is 64.7 Å². The molecule has 65 heavy (non-hydrogen) atoms. The molecule has 0 radical (unpaired) electrons. The minimum Gasteiger partial charge on any atom is -0.310 e. The summed E-state index contributed by atoms with van der Waals surface area (Å²) in [4.78, 5) is 2.30. The van der Waals surface area contributed by atoms with E-state index in [1.165, 1.54) is 83.2 Å². The standard InChI is InChI=1S/C61H51F2NS/c1-58(2)34-59(3,4)51-32-48-43(30-50(51)58)41-25-23-38(28-47(41)61(48,7)8)36-21-19-35(20-22-36)37-13-11-14-39(27-37)64(40-24-26-56-44(29-40)42-15-9-10-18-55(42)65-56)54-17-12-16-46-57(54)45-31-52(62)53(63)33-49(45)60(46,5)6/h9-33H,34H2,1-8H3. The van der Waals surface area contributed by atoms with Crippen LogP contribution in [0.1, 0.15) is 95.2 Å². The number of hydrogen-bond donors (Lipinski definition) is 0. The number of hydrogen-bond acceptors (Lipinski definition) is 2. The summed E-state index contributed by atoms with van der Waals surface area (Å²) in [6.45, 7) is 18.6. The maximum Gasteiger partial charge on any atom is 0.159 e. The fraction of sp³-hybridized carbons (Fsp3) is 0.213. The number of fused-ring (bicyclic) bond motifs is 10. The maximum absolute atomic E-state index is 15.2. The predicted octanol–water partition coefficient (Wildman–Crippen LogP) is 17.7. The van der Waals surface area contributed by atoms with Gasteiger partial charge in [0.1, 0.15) is 0 Å². The number of thiophene rings is 1. The third-order valence-electron chi connectivity index (χ3n) is 15.4. The van der Waals surface area contributed by atoms with Gasteiger partial charge >= 0.3 is 0 Å². The molecule has 0 aliphatic heterocycles. The van der Waals surface area contributed by atoms with Gasteiger partial charge in [-0.05, 0) is 156 Å². The lowest BCUT2D eigenvalue weighted by molar-refractivity contribution is 0.403. The first-order valence-corrected chi connectivity index (χ1v) is 23.7. The van der Waals surface area contributed by atoms with Crippen LogP contribution in [0.15, 0.2) is 152 Å². The molecule has 3 aliphatic rings. The Bertz CT molecular complexity index is 3490.